The van der Waals surface area contributed by atoms with Crippen LogP contribution in [0, 0.1) is 6.92 Å². The maximum atomic E-state index is 11.7. The molecule has 0 aliphatic carbocycles. The Hall–Kier alpha value is -1.71. The molecular formula is C13H17NO3. The van der Waals surface area contributed by atoms with Gasteiger partial charge in [0.15, 0.2) is 5.78 Å². The van der Waals surface area contributed by atoms with Crippen molar-refractivity contribution in [2.75, 3.05) is 0 Å². The first-order valence-corrected chi connectivity index (χ1v) is 5.41. The summed E-state index contributed by atoms with van der Waals surface area (Å²) in [6.07, 6.45) is 1.37. The molecule has 17 heavy (non-hydrogen) atoms. The number of aromatic nitrogens is 1. The van der Waals surface area contributed by atoms with Gasteiger partial charge < -0.3 is 4.74 Å². The number of carbonyl (C=O) groups excluding carboxylic acids is 2. The molecule has 0 aromatic carbocycles. The Bertz CT molecular complexity index is 458. The van der Waals surface area contributed by atoms with Gasteiger partial charge in [0.05, 0.1) is 5.56 Å². The van der Waals surface area contributed by atoms with E-state index < -0.39 is 11.6 Å². The van der Waals surface area contributed by atoms with E-state index in [0.717, 1.165) is 0 Å². The van der Waals surface area contributed by atoms with E-state index in [4.69, 9.17) is 4.74 Å². The van der Waals surface area contributed by atoms with Crippen LogP contribution in [0.2, 0.25) is 0 Å². The highest BCUT2D eigenvalue weighted by Crippen LogP contribution is 2.14. The average molecular weight is 235 g/mol. The predicted octanol–water partition coefficient (Wildman–Crippen LogP) is 2.55. The maximum Gasteiger partial charge on any atom is 0.340 e. The molecule has 0 atom stereocenters. The second kappa shape index (κ2) is 4.65. The van der Waals surface area contributed by atoms with Gasteiger partial charge in [-0.05, 0) is 39.3 Å². The molecular weight excluding hydrogens is 218 g/mol. The summed E-state index contributed by atoms with van der Waals surface area (Å²) in [7, 11) is 0. The molecule has 1 aromatic heterocycles. The summed E-state index contributed by atoms with van der Waals surface area (Å²) in [5, 5.41) is 0. The molecule has 0 fully saturated rings. The molecule has 0 aliphatic heterocycles. The number of rotatable bonds is 2. The van der Waals surface area contributed by atoms with Crippen molar-refractivity contribution in [3.63, 3.8) is 0 Å². The van der Waals surface area contributed by atoms with Crippen molar-refractivity contribution in [3.05, 3.63) is 29.1 Å². The molecule has 4 nitrogen and oxygen atoms in total. The van der Waals surface area contributed by atoms with Crippen molar-refractivity contribution in [2.24, 2.45) is 0 Å². The SMILES string of the molecule is CC(=O)c1ncc(C(=O)OC(C)(C)C)cc1C. The molecule has 0 spiro atoms. The van der Waals surface area contributed by atoms with Crippen molar-refractivity contribution in [2.45, 2.75) is 40.2 Å². The Morgan fingerprint density at radius 2 is 1.88 bits per heavy atom. The summed E-state index contributed by atoms with van der Waals surface area (Å²) >= 11 is 0. The number of Topliss-reactive ketones (excluding diaryl/α,β-unsaturated/α-hetero) is 1. The van der Waals surface area contributed by atoms with Crippen LogP contribution in [0.3, 0.4) is 0 Å². The molecule has 0 amide bonds. The van der Waals surface area contributed by atoms with Gasteiger partial charge in [-0.3, -0.25) is 9.78 Å². The number of hydrogen-bond acceptors (Lipinski definition) is 4. The number of hydrogen-bond donors (Lipinski definition) is 0. The number of carbonyl (C=O) groups is 2. The Morgan fingerprint density at radius 3 is 2.29 bits per heavy atom. The molecule has 1 rings (SSSR count). The monoisotopic (exact) mass is 235 g/mol. The molecule has 4 heteroatoms. The molecule has 0 bridgehead atoms. The van der Waals surface area contributed by atoms with E-state index in [1.165, 1.54) is 13.1 Å². The van der Waals surface area contributed by atoms with E-state index in [0.29, 0.717) is 16.8 Å². The number of pyridine rings is 1. The van der Waals surface area contributed by atoms with Crippen LogP contribution in [0.25, 0.3) is 0 Å². The van der Waals surface area contributed by atoms with E-state index >= 15 is 0 Å². The summed E-state index contributed by atoms with van der Waals surface area (Å²) < 4.78 is 5.22. The van der Waals surface area contributed by atoms with Gasteiger partial charge in [-0.25, -0.2) is 4.79 Å². The molecule has 0 aliphatic rings. The molecule has 92 valence electrons. The first-order valence-electron chi connectivity index (χ1n) is 5.41. The number of ketones is 1. The summed E-state index contributed by atoms with van der Waals surface area (Å²) in [5.41, 5.74) is 0.894. The zero-order chi connectivity index (χ0) is 13.2. The van der Waals surface area contributed by atoms with Crippen molar-refractivity contribution in [1.82, 2.24) is 4.98 Å². The predicted molar refractivity (Wildman–Crippen MR) is 64.1 cm³/mol. The molecule has 1 heterocycles. The van der Waals surface area contributed by atoms with Crippen LogP contribution in [0.15, 0.2) is 12.3 Å². The van der Waals surface area contributed by atoms with Crippen LogP contribution in [0.1, 0.15) is 54.1 Å². The van der Waals surface area contributed by atoms with Crippen LogP contribution in [0.4, 0.5) is 0 Å². The highest BCUT2D eigenvalue weighted by molar-refractivity contribution is 5.95. The quantitative estimate of drug-likeness (QED) is 0.584. The second-order valence-corrected chi connectivity index (χ2v) is 4.95. The number of esters is 1. The summed E-state index contributed by atoms with van der Waals surface area (Å²) in [5.74, 6) is -0.540. The fourth-order valence-electron chi connectivity index (χ4n) is 1.39. The van der Waals surface area contributed by atoms with Crippen LogP contribution in [0.5, 0.6) is 0 Å². The van der Waals surface area contributed by atoms with Gasteiger partial charge >= 0.3 is 5.97 Å². The lowest BCUT2D eigenvalue weighted by molar-refractivity contribution is 0.00687. The number of aryl methyl sites for hydroxylation is 1. The van der Waals surface area contributed by atoms with E-state index in [-0.39, 0.29) is 5.78 Å². The minimum absolute atomic E-state index is 0.113. The highest BCUT2D eigenvalue weighted by Gasteiger charge is 2.19. The lowest BCUT2D eigenvalue weighted by atomic mass is 10.1. The Labute approximate surface area is 101 Å². The fourth-order valence-corrected chi connectivity index (χ4v) is 1.39. The number of ether oxygens (including phenoxy) is 1. The van der Waals surface area contributed by atoms with E-state index in [1.54, 1.807) is 33.8 Å². The normalized spacial score (nSPS) is 11.1. The van der Waals surface area contributed by atoms with Gasteiger partial charge in [0, 0.05) is 13.1 Å². The third-order valence-electron chi connectivity index (χ3n) is 2.05. The molecule has 0 saturated heterocycles. The van der Waals surface area contributed by atoms with E-state index in [1.807, 2.05) is 0 Å². The van der Waals surface area contributed by atoms with Crippen molar-refractivity contribution in [3.8, 4) is 0 Å². The number of nitrogens with zero attached hydrogens (tertiary/aromatic N) is 1. The summed E-state index contributed by atoms with van der Waals surface area (Å²) in [6.45, 7) is 8.60. The van der Waals surface area contributed by atoms with Gasteiger partial charge in [0.1, 0.15) is 11.3 Å². The molecule has 0 N–H and O–H groups in total. The van der Waals surface area contributed by atoms with Gasteiger partial charge in [-0.1, -0.05) is 0 Å². The van der Waals surface area contributed by atoms with E-state index in [2.05, 4.69) is 4.98 Å². The van der Waals surface area contributed by atoms with Crippen LogP contribution < -0.4 is 0 Å². The Morgan fingerprint density at radius 1 is 1.29 bits per heavy atom. The molecule has 0 radical (unpaired) electrons. The van der Waals surface area contributed by atoms with E-state index in [9.17, 15) is 9.59 Å². The largest absolute Gasteiger partial charge is 0.456 e. The first kappa shape index (κ1) is 13.4. The highest BCUT2D eigenvalue weighted by atomic mass is 16.6. The van der Waals surface area contributed by atoms with Gasteiger partial charge in [0.2, 0.25) is 0 Å². The van der Waals surface area contributed by atoms with Crippen molar-refractivity contribution < 1.29 is 14.3 Å². The second-order valence-electron chi connectivity index (χ2n) is 4.95. The Balaban J connectivity index is 2.98. The van der Waals surface area contributed by atoms with Crippen molar-refractivity contribution in [1.29, 1.82) is 0 Å². The van der Waals surface area contributed by atoms with Gasteiger partial charge in [-0.15, -0.1) is 0 Å². The zero-order valence-corrected chi connectivity index (χ0v) is 10.8. The maximum absolute atomic E-state index is 11.7. The third-order valence-corrected chi connectivity index (χ3v) is 2.05. The lowest BCUT2D eigenvalue weighted by Gasteiger charge is -2.19. The minimum atomic E-state index is -0.537. The topological polar surface area (TPSA) is 56.3 Å². The van der Waals surface area contributed by atoms with Gasteiger partial charge in [-0.2, -0.15) is 0 Å². The van der Waals surface area contributed by atoms with Crippen LogP contribution in [-0.2, 0) is 4.74 Å². The standard InChI is InChI=1S/C13H17NO3/c1-8-6-10(7-14-11(8)9(2)15)12(16)17-13(3,4)5/h6-7H,1-5H3. The molecule has 1 aromatic rings. The van der Waals surface area contributed by atoms with Crippen LogP contribution in [-0.4, -0.2) is 22.3 Å². The summed E-state index contributed by atoms with van der Waals surface area (Å²) in [6, 6.07) is 1.62. The van der Waals surface area contributed by atoms with Gasteiger partial charge in [0.25, 0.3) is 0 Å². The molecule has 0 saturated carbocycles. The lowest BCUT2D eigenvalue weighted by Crippen LogP contribution is -2.24. The average Bonchev–Trinajstić information content (AvgIpc) is 2.14. The molecule has 0 unspecified atom stereocenters. The Kier molecular flexibility index (Phi) is 3.66. The minimum Gasteiger partial charge on any atom is -0.456 e. The summed E-state index contributed by atoms with van der Waals surface area (Å²) in [4.78, 5) is 26.9. The van der Waals surface area contributed by atoms with Crippen LogP contribution >= 0.6 is 0 Å². The zero-order valence-electron chi connectivity index (χ0n) is 10.8. The smallest absolute Gasteiger partial charge is 0.340 e. The first-order chi connectivity index (χ1) is 7.70. The fraction of sp³-hybridized carbons (Fsp3) is 0.462. The van der Waals surface area contributed by atoms with Crippen molar-refractivity contribution >= 4 is 11.8 Å². The third kappa shape index (κ3) is 3.66.